The number of benzene rings is 1. The van der Waals surface area contributed by atoms with Gasteiger partial charge in [-0.05, 0) is 29.1 Å². The first-order valence-corrected chi connectivity index (χ1v) is 5.50. The van der Waals surface area contributed by atoms with Crippen molar-refractivity contribution in [2.45, 2.75) is 6.54 Å². The summed E-state index contributed by atoms with van der Waals surface area (Å²) >= 11 is 0. The normalized spacial score (nSPS) is 10.6. The Morgan fingerprint density at radius 2 is 2.12 bits per heavy atom. The zero-order valence-electron chi connectivity index (χ0n) is 9.22. The van der Waals surface area contributed by atoms with E-state index in [2.05, 4.69) is 44.8 Å². The lowest BCUT2D eigenvalue weighted by Gasteiger charge is -2.05. The molecule has 4 heteroatoms. The van der Waals surface area contributed by atoms with Gasteiger partial charge in [-0.3, -0.25) is 0 Å². The van der Waals surface area contributed by atoms with E-state index < -0.39 is 0 Å². The second-order valence-electron chi connectivity index (χ2n) is 3.82. The summed E-state index contributed by atoms with van der Waals surface area (Å²) in [5, 5.41) is 12.3. The number of hydrogen-bond acceptors (Lipinski definition) is 3. The van der Waals surface area contributed by atoms with Crippen LogP contribution in [0, 0.1) is 0 Å². The molecular formula is C13H12N4. The van der Waals surface area contributed by atoms with Crippen molar-refractivity contribution in [3.63, 3.8) is 0 Å². The molecule has 0 fully saturated rings. The molecule has 2 aromatic heterocycles. The van der Waals surface area contributed by atoms with Crippen molar-refractivity contribution in [3.8, 4) is 0 Å². The van der Waals surface area contributed by atoms with Crippen LogP contribution in [0.1, 0.15) is 5.56 Å². The van der Waals surface area contributed by atoms with Gasteiger partial charge in [-0.15, -0.1) is 5.10 Å². The summed E-state index contributed by atoms with van der Waals surface area (Å²) in [7, 11) is 0. The minimum Gasteiger partial charge on any atom is -0.364 e. The summed E-state index contributed by atoms with van der Waals surface area (Å²) in [4.78, 5) is 3.25. The molecule has 3 aromatic rings. The smallest absolute Gasteiger partial charge is 0.148 e. The monoisotopic (exact) mass is 224 g/mol. The highest BCUT2D eigenvalue weighted by atomic mass is 15.2. The predicted octanol–water partition coefficient (Wildman–Crippen LogP) is 2.57. The molecule has 0 unspecified atom stereocenters. The number of rotatable bonds is 3. The number of nitrogens with one attached hydrogen (secondary N) is 2. The maximum atomic E-state index is 3.99. The van der Waals surface area contributed by atoms with Gasteiger partial charge in [0.2, 0.25) is 0 Å². The maximum Gasteiger partial charge on any atom is 0.148 e. The number of hydrogen-bond donors (Lipinski definition) is 2. The largest absolute Gasteiger partial charge is 0.364 e. The summed E-state index contributed by atoms with van der Waals surface area (Å²) in [5.41, 5.74) is 2.39. The van der Waals surface area contributed by atoms with E-state index in [1.54, 1.807) is 6.20 Å². The van der Waals surface area contributed by atoms with Crippen LogP contribution >= 0.6 is 0 Å². The van der Waals surface area contributed by atoms with E-state index in [-0.39, 0.29) is 0 Å². The number of anilines is 1. The average molecular weight is 224 g/mol. The molecule has 0 saturated heterocycles. The van der Waals surface area contributed by atoms with Crippen LogP contribution in [0.4, 0.5) is 5.82 Å². The zero-order valence-corrected chi connectivity index (χ0v) is 9.22. The molecule has 0 bridgehead atoms. The lowest BCUT2D eigenvalue weighted by molar-refractivity contribution is 1.00. The van der Waals surface area contributed by atoms with E-state index in [4.69, 9.17) is 0 Å². The SMILES string of the molecule is c1cnnc(NCc2cccc3cc[nH]c23)c1. The molecule has 1 aromatic carbocycles. The summed E-state index contributed by atoms with van der Waals surface area (Å²) in [6.45, 7) is 0.733. The number of H-pyrrole nitrogens is 1. The van der Waals surface area contributed by atoms with E-state index in [1.165, 1.54) is 16.5 Å². The molecule has 0 amide bonds. The third-order valence-electron chi connectivity index (χ3n) is 2.71. The Morgan fingerprint density at radius 1 is 1.12 bits per heavy atom. The lowest BCUT2D eigenvalue weighted by atomic mass is 10.1. The molecular weight excluding hydrogens is 212 g/mol. The molecule has 0 radical (unpaired) electrons. The molecule has 2 N–H and O–H groups in total. The maximum absolute atomic E-state index is 3.99. The first-order valence-electron chi connectivity index (χ1n) is 5.50. The van der Waals surface area contributed by atoms with Gasteiger partial charge in [0.15, 0.2) is 0 Å². The van der Waals surface area contributed by atoms with Crippen molar-refractivity contribution in [1.29, 1.82) is 0 Å². The number of para-hydroxylation sites is 1. The van der Waals surface area contributed by atoms with Crippen molar-refractivity contribution >= 4 is 16.7 Å². The first kappa shape index (κ1) is 9.84. The molecule has 0 aliphatic heterocycles. The molecule has 0 aliphatic rings. The van der Waals surface area contributed by atoms with Gasteiger partial charge in [-0.2, -0.15) is 5.10 Å². The van der Waals surface area contributed by atoms with Gasteiger partial charge >= 0.3 is 0 Å². The Bertz CT molecular complexity index is 615. The highest BCUT2D eigenvalue weighted by Crippen LogP contribution is 2.17. The van der Waals surface area contributed by atoms with Crippen LogP contribution < -0.4 is 5.32 Å². The summed E-state index contributed by atoms with van der Waals surface area (Å²) < 4.78 is 0. The third kappa shape index (κ3) is 1.97. The highest BCUT2D eigenvalue weighted by Gasteiger charge is 2.01. The average Bonchev–Trinajstić information content (AvgIpc) is 2.86. The van der Waals surface area contributed by atoms with Gasteiger partial charge in [0.1, 0.15) is 5.82 Å². The molecule has 3 rings (SSSR count). The van der Waals surface area contributed by atoms with Crippen LogP contribution in [0.15, 0.2) is 48.8 Å². The Hall–Kier alpha value is -2.36. The Morgan fingerprint density at radius 3 is 3.00 bits per heavy atom. The van der Waals surface area contributed by atoms with Crippen LogP contribution in [0.3, 0.4) is 0 Å². The van der Waals surface area contributed by atoms with Gasteiger partial charge in [-0.1, -0.05) is 18.2 Å². The molecule has 84 valence electrons. The molecule has 0 saturated carbocycles. The first-order chi connectivity index (χ1) is 8.43. The number of fused-ring (bicyclic) bond motifs is 1. The molecule has 0 spiro atoms. The second-order valence-corrected chi connectivity index (χ2v) is 3.82. The van der Waals surface area contributed by atoms with Gasteiger partial charge in [0, 0.05) is 18.9 Å². The van der Waals surface area contributed by atoms with Crippen LogP contribution in [-0.2, 0) is 6.54 Å². The lowest BCUT2D eigenvalue weighted by Crippen LogP contribution is -2.02. The fraction of sp³-hybridized carbons (Fsp3) is 0.0769. The minimum absolute atomic E-state index is 0.733. The van der Waals surface area contributed by atoms with Crippen molar-refractivity contribution in [3.05, 3.63) is 54.4 Å². The summed E-state index contributed by atoms with van der Waals surface area (Å²) in [5.74, 6) is 0.788. The minimum atomic E-state index is 0.733. The Balaban J connectivity index is 1.84. The van der Waals surface area contributed by atoms with Crippen LogP contribution in [0.2, 0.25) is 0 Å². The van der Waals surface area contributed by atoms with Crippen molar-refractivity contribution in [2.24, 2.45) is 0 Å². The van der Waals surface area contributed by atoms with E-state index in [9.17, 15) is 0 Å². The topological polar surface area (TPSA) is 53.6 Å². The summed E-state index contributed by atoms with van der Waals surface area (Å²) in [6.07, 6.45) is 3.62. The van der Waals surface area contributed by atoms with Crippen molar-refractivity contribution in [1.82, 2.24) is 15.2 Å². The van der Waals surface area contributed by atoms with Crippen molar-refractivity contribution in [2.75, 3.05) is 5.32 Å². The molecule has 0 atom stereocenters. The van der Waals surface area contributed by atoms with E-state index in [0.29, 0.717) is 0 Å². The highest BCUT2D eigenvalue weighted by molar-refractivity contribution is 5.82. The third-order valence-corrected chi connectivity index (χ3v) is 2.71. The van der Waals surface area contributed by atoms with Crippen molar-refractivity contribution < 1.29 is 0 Å². The van der Waals surface area contributed by atoms with Gasteiger partial charge < -0.3 is 10.3 Å². The molecule has 0 aliphatic carbocycles. The van der Waals surface area contributed by atoms with Crippen LogP contribution in [-0.4, -0.2) is 15.2 Å². The van der Waals surface area contributed by atoms with Gasteiger partial charge in [0.05, 0.1) is 5.52 Å². The van der Waals surface area contributed by atoms with Crippen LogP contribution in [0.25, 0.3) is 10.9 Å². The fourth-order valence-electron chi connectivity index (χ4n) is 1.88. The zero-order chi connectivity index (χ0) is 11.5. The Kier molecular flexibility index (Phi) is 2.46. The standard InChI is InChI=1S/C13H12N4/c1-3-10-6-8-14-13(10)11(4-1)9-15-12-5-2-7-16-17-12/h1-8,14H,9H2,(H,15,17). The fourth-order valence-corrected chi connectivity index (χ4v) is 1.88. The number of nitrogens with zero attached hydrogens (tertiary/aromatic N) is 2. The van der Waals surface area contributed by atoms with E-state index in [1.807, 2.05) is 18.3 Å². The number of aromatic amines is 1. The quantitative estimate of drug-likeness (QED) is 0.719. The second kappa shape index (κ2) is 4.25. The number of aromatic nitrogens is 3. The van der Waals surface area contributed by atoms with Gasteiger partial charge in [0.25, 0.3) is 0 Å². The molecule has 4 nitrogen and oxygen atoms in total. The molecule has 17 heavy (non-hydrogen) atoms. The predicted molar refractivity (Wildman–Crippen MR) is 67.7 cm³/mol. The van der Waals surface area contributed by atoms with E-state index >= 15 is 0 Å². The summed E-state index contributed by atoms with van der Waals surface area (Å²) in [6, 6.07) is 12.1. The van der Waals surface area contributed by atoms with Gasteiger partial charge in [-0.25, -0.2) is 0 Å². The van der Waals surface area contributed by atoms with E-state index in [0.717, 1.165) is 12.4 Å². The Labute approximate surface area is 98.7 Å². The molecule has 2 heterocycles. The van der Waals surface area contributed by atoms with Crippen LogP contribution in [0.5, 0.6) is 0 Å².